The second kappa shape index (κ2) is 5.43. The molecule has 0 unspecified atom stereocenters. The van der Waals surface area contributed by atoms with E-state index in [9.17, 15) is 0 Å². The van der Waals surface area contributed by atoms with E-state index in [1.807, 2.05) is 6.92 Å². The Bertz CT molecular complexity index is 407. The van der Waals surface area contributed by atoms with E-state index in [0.717, 1.165) is 12.0 Å². The van der Waals surface area contributed by atoms with Gasteiger partial charge in [-0.2, -0.15) is 5.26 Å². The number of rotatable bonds is 4. The van der Waals surface area contributed by atoms with Crippen molar-refractivity contribution in [3.8, 4) is 11.8 Å². The lowest BCUT2D eigenvalue weighted by atomic mass is 10.2. The van der Waals surface area contributed by atoms with Gasteiger partial charge in [0.2, 0.25) is 0 Å². The summed E-state index contributed by atoms with van der Waals surface area (Å²) in [6.07, 6.45) is 0.775. The summed E-state index contributed by atoms with van der Waals surface area (Å²) in [6, 6.07) is 7.03. The molecule has 0 N–H and O–H groups in total. The van der Waals surface area contributed by atoms with Crippen LogP contribution in [0.1, 0.15) is 18.9 Å². The number of hydrogen-bond acceptors (Lipinski definition) is 2. The van der Waals surface area contributed by atoms with Crippen molar-refractivity contribution in [1.29, 1.82) is 5.26 Å². The van der Waals surface area contributed by atoms with E-state index >= 15 is 0 Å². The molecule has 1 rings (SSSR count). The van der Waals surface area contributed by atoms with Crippen LogP contribution in [0, 0.1) is 11.3 Å². The zero-order chi connectivity index (χ0) is 11.3. The molecule has 0 aromatic heterocycles. The lowest BCUT2D eigenvalue weighted by Crippen LogP contribution is -1.99. The standard InChI is InChI=1S/C12H12ClNO/c1-9(2)5-6-15-12-7-11(13)4-3-10(12)8-14/h3-4,7H,1,5-6H2,2H3. The minimum Gasteiger partial charge on any atom is -0.492 e. The summed E-state index contributed by atoms with van der Waals surface area (Å²) in [5.74, 6) is 0.534. The van der Waals surface area contributed by atoms with E-state index in [1.165, 1.54) is 0 Å². The Kier molecular flexibility index (Phi) is 4.20. The maximum absolute atomic E-state index is 8.83. The number of nitrogens with zero attached hydrogens (tertiary/aromatic N) is 1. The molecule has 1 aromatic rings. The Morgan fingerprint density at radius 2 is 2.33 bits per heavy atom. The van der Waals surface area contributed by atoms with Gasteiger partial charge >= 0.3 is 0 Å². The molecule has 1 aromatic carbocycles. The predicted octanol–water partition coefficient (Wildman–Crippen LogP) is 3.56. The maximum Gasteiger partial charge on any atom is 0.138 e. The third-order valence-corrected chi connectivity index (χ3v) is 2.09. The average molecular weight is 222 g/mol. The van der Waals surface area contributed by atoms with Crippen LogP contribution in [-0.2, 0) is 0 Å². The van der Waals surface area contributed by atoms with Crippen molar-refractivity contribution in [2.45, 2.75) is 13.3 Å². The molecule has 15 heavy (non-hydrogen) atoms. The molecular formula is C12H12ClNO. The van der Waals surface area contributed by atoms with Gasteiger partial charge in [0.15, 0.2) is 0 Å². The van der Waals surface area contributed by atoms with Crippen molar-refractivity contribution in [2.75, 3.05) is 6.61 Å². The monoisotopic (exact) mass is 221 g/mol. The fourth-order valence-electron chi connectivity index (χ4n) is 1.04. The smallest absolute Gasteiger partial charge is 0.138 e. The zero-order valence-corrected chi connectivity index (χ0v) is 9.34. The average Bonchev–Trinajstić information content (AvgIpc) is 2.17. The Morgan fingerprint density at radius 1 is 1.60 bits per heavy atom. The summed E-state index contributed by atoms with van der Waals surface area (Å²) in [5, 5.41) is 9.40. The van der Waals surface area contributed by atoms with Gasteiger partial charge in [-0.1, -0.05) is 17.2 Å². The number of benzene rings is 1. The second-order valence-corrected chi connectivity index (χ2v) is 3.74. The van der Waals surface area contributed by atoms with Crippen molar-refractivity contribution in [2.24, 2.45) is 0 Å². The predicted molar refractivity (Wildman–Crippen MR) is 61.1 cm³/mol. The van der Waals surface area contributed by atoms with Crippen LogP contribution in [0.5, 0.6) is 5.75 Å². The van der Waals surface area contributed by atoms with Crippen molar-refractivity contribution >= 4 is 11.6 Å². The SMILES string of the molecule is C=C(C)CCOc1cc(Cl)ccc1C#N. The quantitative estimate of drug-likeness (QED) is 0.729. The maximum atomic E-state index is 8.83. The first-order valence-corrected chi connectivity index (χ1v) is 4.98. The van der Waals surface area contributed by atoms with E-state index in [4.69, 9.17) is 21.6 Å². The van der Waals surface area contributed by atoms with Gasteiger partial charge < -0.3 is 4.74 Å². The van der Waals surface area contributed by atoms with Crippen LogP contribution in [0.15, 0.2) is 30.4 Å². The Balaban J connectivity index is 2.71. The molecule has 3 heteroatoms. The van der Waals surface area contributed by atoms with Crippen LogP contribution < -0.4 is 4.74 Å². The van der Waals surface area contributed by atoms with E-state index in [-0.39, 0.29) is 0 Å². The van der Waals surface area contributed by atoms with E-state index < -0.39 is 0 Å². The van der Waals surface area contributed by atoms with E-state index in [2.05, 4.69) is 12.6 Å². The largest absolute Gasteiger partial charge is 0.492 e. The lowest BCUT2D eigenvalue weighted by Gasteiger charge is -2.07. The molecule has 0 fully saturated rings. The molecule has 0 bridgehead atoms. The van der Waals surface area contributed by atoms with Gasteiger partial charge in [-0.3, -0.25) is 0 Å². The van der Waals surface area contributed by atoms with Crippen LogP contribution in [0.25, 0.3) is 0 Å². The highest BCUT2D eigenvalue weighted by atomic mass is 35.5. The van der Waals surface area contributed by atoms with Crippen LogP contribution >= 0.6 is 11.6 Å². The summed E-state index contributed by atoms with van der Waals surface area (Å²) in [7, 11) is 0. The number of hydrogen-bond donors (Lipinski definition) is 0. The van der Waals surface area contributed by atoms with Gasteiger partial charge in [-0.25, -0.2) is 0 Å². The molecule has 0 aliphatic rings. The Labute approximate surface area is 94.7 Å². The van der Waals surface area contributed by atoms with Gasteiger partial charge in [0.25, 0.3) is 0 Å². The molecule has 0 amide bonds. The fraction of sp³-hybridized carbons (Fsp3) is 0.250. The molecule has 0 saturated carbocycles. The molecule has 0 heterocycles. The molecule has 78 valence electrons. The highest BCUT2D eigenvalue weighted by Gasteiger charge is 2.03. The first-order chi connectivity index (χ1) is 7.13. The number of halogens is 1. The molecule has 0 spiro atoms. The van der Waals surface area contributed by atoms with Gasteiger partial charge in [0.1, 0.15) is 11.8 Å². The molecule has 0 radical (unpaired) electrons. The van der Waals surface area contributed by atoms with Crippen LogP contribution in [0.3, 0.4) is 0 Å². The number of nitriles is 1. The molecule has 0 atom stereocenters. The topological polar surface area (TPSA) is 33.0 Å². The van der Waals surface area contributed by atoms with Gasteiger partial charge in [-0.15, -0.1) is 6.58 Å². The third kappa shape index (κ3) is 3.65. The molecule has 2 nitrogen and oxygen atoms in total. The first-order valence-electron chi connectivity index (χ1n) is 4.60. The first kappa shape index (κ1) is 11.6. The van der Waals surface area contributed by atoms with Crippen LogP contribution in [-0.4, -0.2) is 6.61 Å². The van der Waals surface area contributed by atoms with Gasteiger partial charge in [0.05, 0.1) is 12.2 Å². The molecule has 0 aliphatic carbocycles. The van der Waals surface area contributed by atoms with Crippen LogP contribution in [0.2, 0.25) is 5.02 Å². The fourth-order valence-corrected chi connectivity index (χ4v) is 1.21. The van der Waals surface area contributed by atoms with Crippen LogP contribution in [0.4, 0.5) is 0 Å². The molecule has 0 aliphatic heterocycles. The second-order valence-electron chi connectivity index (χ2n) is 3.31. The summed E-state index contributed by atoms with van der Waals surface area (Å²) in [5.41, 5.74) is 1.55. The summed E-state index contributed by atoms with van der Waals surface area (Å²) >= 11 is 5.81. The highest BCUT2D eigenvalue weighted by Crippen LogP contribution is 2.22. The van der Waals surface area contributed by atoms with Crippen molar-refractivity contribution in [1.82, 2.24) is 0 Å². The Morgan fingerprint density at radius 3 is 2.93 bits per heavy atom. The highest BCUT2D eigenvalue weighted by molar-refractivity contribution is 6.30. The molecule has 0 saturated heterocycles. The zero-order valence-electron chi connectivity index (χ0n) is 8.59. The summed E-state index contributed by atoms with van der Waals surface area (Å²) in [6.45, 7) is 6.23. The minimum atomic E-state index is 0.501. The lowest BCUT2D eigenvalue weighted by molar-refractivity contribution is 0.321. The molecular weight excluding hydrogens is 210 g/mol. The van der Waals surface area contributed by atoms with Gasteiger partial charge in [-0.05, 0) is 19.1 Å². The van der Waals surface area contributed by atoms with E-state index in [1.54, 1.807) is 18.2 Å². The van der Waals surface area contributed by atoms with Crippen molar-refractivity contribution in [3.63, 3.8) is 0 Å². The van der Waals surface area contributed by atoms with Gasteiger partial charge in [0, 0.05) is 17.5 Å². The van der Waals surface area contributed by atoms with Crippen molar-refractivity contribution < 1.29 is 4.74 Å². The van der Waals surface area contributed by atoms with Crippen molar-refractivity contribution in [3.05, 3.63) is 40.9 Å². The normalized spacial score (nSPS) is 9.40. The Hall–Kier alpha value is -1.46. The summed E-state index contributed by atoms with van der Waals surface area (Å²) < 4.78 is 5.45. The van der Waals surface area contributed by atoms with E-state index in [0.29, 0.717) is 22.9 Å². The minimum absolute atomic E-state index is 0.501. The number of ether oxygens (including phenoxy) is 1. The third-order valence-electron chi connectivity index (χ3n) is 1.85. The summed E-state index contributed by atoms with van der Waals surface area (Å²) in [4.78, 5) is 0.